The molecule has 3 nitrogen and oxygen atoms in total. The van der Waals surface area contributed by atoms with Crippen molar-refractivity contribution in [2.24, 2.45) is 0 Å². The van der Waals surface area contributed by atoms with Gasteiger partial charge in [-0.1, -0.05) is 0 Å². The quantitative estimate of drug-likeness (QED) is 0.929. The number of hydrogen-bond acceptors (Lipinski definition) is 3. The number of carbonyl (C=O) groups excluding carboxylic acids is 1. The largest absolute Gasteiger partial charge is 0.340 e. The Kier molecular flexibility index (Phi) is 4.00. The molecule has 1 aromatic heterocycles. The van der Waals surface area contributed by atoms with Crippen molar-refractivity contribution in [3.05, 3.63) is 20.8 Å². The van der Waals surface area contributed by atoms with Crippen LogP contribution in [0.25, 0.3) is 0 Å². The van der Waals surface area contributed by atoms with Crippen LogP contribution >= 0.6 is 27.3 Å². The van der Waals surface area contributed by atoms with Crippen molar-refractivity contribution in [2.45, 2.75) is 18.9 Å². The Hall–Kier alpha value is -0.390. The van der Waals surface area contributed by atoms with E-state index in [-0.39, 0.29) is 5.91 Å². The maximum Gasteiger partial charge on any atom is 0.254 e. The SMILES string of the molecule is CN(CC1CCCN1)C(=O)c1csc(Br)c1. The zero-order chi connectivity index (χ0) is 11.5. The lowest BCUT2D eigenvalue weighted by Crippen LogP contribution is -2.38. The first-order chi connectivity index (χ1) is 7.66. The van der Waals surface area contributed by atoms with Gasteiger partial charge in [-0.2, -0.15) is 0 Å². The summed E-state index contributed by atoms with van der Waals surface area (Å²) in [5.41, 5.74) is 0.775. The average molecular weight is 303 g/mol. The third kappa shape index (κ3) is 2.84. The Morgan fingerprint density at radius 3 is 3.12 bits per heavy atom. The number of thiophene rings is 1. The van der Waals surface area contributed by atoms with Crippen LogP contribution in [0.3, 0.4) is 0 Å². The van der Waals surface area contributed by atoms with E-state index in [1.807, 2.05) is 18.5 Å². The van der Waals surface area contributed by atoms with Crippen LogP contribution in [-0.4, -0.2) is 37.0 Å². The third-order valence-corrected chi connectivity index (χ3v) is 4.32. The zero-order valence-electron chi connectivity index (χ0n) is 9.20. The summed E-state index contributed by atoms with van der Waals surface area (Å²) < 4.78 is 1.00. The fraction of sp³-hybridized carbons (Fsp3) is 0.545. The minimum Gasteiger partial charge on any atom is -0.340 e. The highest BCUT2D eigenvalue weighted by Crippen LogP contribution is 2.21. The Balaban J connectivity index is 1.93. The van der Waals surface area contributed by atoms with Gasteiger partial charge in [0.05, 0.1) is 9.35 Å². The van der Waals surface area contributed by atoms with Gasteiger partial charge in [-0.15, -0.1) is 11.3 Å². The maximum atomic E-state index is 12.0. The number of nitrogens with zero attached hydrogens (tertiary/aromatic N) is 1. The van der Waals surface area contributed by atoms with E-state index in [2.05, 4.69) is 21.2 Å². The van der Waals surface area contributed by atoms with E-state index in [0.717, 1.165) is 22.4 Å². The fourth-order valence-electron chi connectivity index (χ4n) is 1.97. The van der Waals surface area contributed by atoms with Crippen LogP contribution in [0.1, 0.15) is 23.2 Å². The van der Waals surface area contributed by atoms with Crippen LogP contribution in [0.5, 0.6) is 0 Å². The summed E-state index contributed by atoms with van der Waals surface area (Å²) in [7, 11) is 1.87. The van der Waals surface area contributed by atoms with Crippen LogP contribution in [0.4, 0.5) is 0 Å². The Morgan fingerprint density at radius 2 is 2.56 bits per heavy atom. The molecule has 1 unspecified atom stereocenters. The Morgan fingerprint density at radius 1 is 1.75 bits per heavy atom. The predicted octanol–water partition coefficient (Wildman–Crippen LogP) is 2.33. The lowest BCUT2D eigenvalue weighted by Gasteiger charge is -2.20. The van der Waals surface area contributed by atoms with Crippen molar-refractivity contribution in [2.75, 3.05) is 20.1 Å². The first kappa shape index (κ1) is 12.1. The lowest BCUT2D eigenvalue weighted by atomic mass is 10.2. The molecule has 1 N–H and O–H groups in total. The van der Waals surface area contributed by atoms with E-state index >= 15 is 0 Å². The molecule has 0 aliphatic carbocycles. The van der Waals surface area contributed by atoms with Crippen LogP contribution in [0.2, 0.25) is 0 Å². The van der Waals surface area contributed by atoms with Gasteiger partial charge in [0.25, 0.3) is 5.91 Å². The van der Waals surface area contributed by atoms with E-state index in [1.165, 1.54) is 12.8 Å². The van der Waals surface area contributed by atoms with Crippen LogP contribution < -0.4 is 5.32 Å². The van der Waals surface area contributed by atoms with Gasteiger partial charge in [0, 0.05) is 25.0 Å². The van der Waals surface area contributed by atoms with Gasteiger partial charge in [0.15, 0.2) is 0 Å². The molecular weight excluding hydrogens is 288 g/mol. The summed E-state index contributed by atoms with van der Waals surface area (Å²) in [6, 6.07) is 2.35. The van der Waals surface area contributed by atoms with E-state index in [1.54, 1.807) is 16.2 Å². The molecule has 0 aromatic carbocycles. The minimum atomic E-state index is 0.107. The molecule has 2 heterocycles. The molecule has 0 spiro atoms. The van der Waals surface area contributed by atoms with Crippen molar-refractivity contribution in [1.82, 2.24) is 10.2 Å². The molecule has 1 atom stereocenters. The second kappa shape index (κ2) is 5.29. The number of carbonyl (C=O) groups is 1. The summed E-state index contributed by atoms with van der Waals surface area (Å²) in [6.45, 7) is 1.88. The number of amides is 1. The first-order valence-corrected chi connectivity index (χ1v) is 7.07. The van der Waals surface area contributed by atoms with Crippen LogP contribution in [-0.2, 0) is 0 Å². The Labute approximate surface area is 108 Å². The van der Waals surface area contributed by atoms with Gasteiger partial charge in [-0.05, 0) is 41.4 Å². The van der Waals surface area contributed by atoms with Gasteiger partial charge < -0.3 is 10.2 Å². The van der Waals surface area contributed by atoms with Gasteiger partial charge in [0.1, 0.15) is 0 Å². The minimum absolute atomic E-state index is 0.107. The molecule has 0 bridgehead atoms. The molecule has 1 amide bonds. The smallest absolute Gasteiger partial charge is 0.254 e. The normalized spacial score (nSPS) is 20.0. The molecule has 5 heteroatoms. The molecule has 0 saturated carbocycles. The number of hydrogen-bond donors (Lipinski definition) is 1. The number of rotatable bonds is 3. The molecule has 1 aliphatic heterocycles. The zero-order valence-corrected chi connectivity index (χ0v) is 11.6. The summed E-state index contributed by atoms with van der Waals surface area (Å²) >= 11 is 4.92. The van der Waals surface area contributed by atoms with E-state index in [4.69, 9.17) is 0 Å². The molecule has 1 saturated heterocycles. The van der Waals surface area contributed by atoms with Gasteiger partial charge in [-0.25, -0.2) is 0 Å². The molecule has 1 fully saturated rings. The number of nitrogens with one attached hydrogen (secondary N) is 1. The summed E-state index contributed by atoms with van der Waals surface area (Å²) in [5.74, 6) is 0.107. The van der Waals surface area contributed by atoms with Crippen molar-refractivity contribution in [3.63, 3.8) is 0 Å². The highest BCUT2D eigenvalue weighted by Gasteiger charge is 2.20. The van der Waals surface area contributed by atoms with Crippen LogP contribution in [0.15, 0.2) is 15.2 Å². The van der Waals surface area contributed by atoms with Gasteiger partial charge in [-0.3, -0.25) is 4.79 Å². The van der Waals surface area contributed by atoms with Gasteiger partial charge in [0.2, 0.25) is 0 Å². The first-order valence-electron chi connectivity index (χ1n) is 5.39. The van der Waals surface area contributed by atoms with Gasteiger partial charge >= 0.3 is 0 Å². The van der Waals surface area contributed by atoms with Crippen molar-refractivity contribution >= 4 is 33.2 Å². The van der Waals surface area contributed by atoms with Crippen molar-refractivity contribution < 1.29 is 4.79 Å². The summed E-state index contributed by atoms with van der Waals surface area (Å²) in [5, 5.41) is 5.29. The van der Waals surface area contributed by atoms with E-state index in [0.29, 0.717) is 6.04 Å². The molecular formula is C11H15BrN2OS. The second-order valence-corrected chi connectivity index (χ2v) is 6.41. The molecule has 1 aliphatic rings. The molecule has 2 rings (SSSR count). The number of likely N-dealkylation sites (N-methyl/N-ethyl adjacent to an activating group) is 1. The standard InChI is InChI=1S/C11H15BrN2OS/c1-14(6-9-3-2-4-13-9)11(15)8-5-10(12)16-7-8/h5,7,9,13H,2-4,6H2,1H3. The van der Waals surface area contributed by atoms with Crippen LogP contribution in [0, 0.1) is 0 Å². The van der Waals surface area contributed by atoms with E-state index < -0.39 is 0 Å². The third-order valence-electron chi connectivity index (χ3n) is 2.82. The highest BCUT2D eigenvalue weighted by atomic mass is 79.9. The number of halogens is 1. The fourth-order valence-corrected chi connectivity index (χ4v) is 3.10. The van der Waals surface area contributed by atoms with E-state index in [9.17, 15) is 4.79 Å². The molecule has 88 valence electrons. The molecule has 1 aromatic rings. The molecule has 16 heavy (non-hydrogen) atoms. The summed E-state index contributed by atoms with van der Waals surface area (Å²) in [6.07, 6.45) is 2.39. The second-order valence-electron chi connectivity index (χ2n) is 4.12. The van der Waals surface area contributed by atoms with Crippen molar-refractivity contribution in [3.8, 4) is 0 Å². The summed E-state index contributed by atoms with van der Waals surface area (Å²) in [4.78, 5) is 13.8. The van der Waals surface area contributed by atoms with Crippen molar-refractivity contribution in [1.29, 1.82) is 0 Å². The topological polar surface area (TPSA) is 32.3 Å². The lowest BCUT2D eigenvalue weighted by molar-refractivity contribution is 0.0784. The highest BCUT2D eigenvalue weighted by molar-refractivity contribution is 9.11. The molecule has 0 radical (unpaired) electrons. The Bertz CT molecular complexity index is 374. The predicted molar refractivity (Wildman–Crippen MR) is 70.0 cm³/mol. The monoisotopic (exact) mass is 302 g/mol. The average Bonchev–Trinajstić information content (AvgIpc) is 2.88. The maximum absolute atomic E-state index is 12.0.